The second-order valence-electron chi connectivity index (χ2n) is 3.39. The van der Waals surface area contributed by atoms with Gasteiger partial charge in [-0.3, -0.25) is 0 Å². The number of fused-ring (bicyclic) bond motifs is 1. The molecule has 0 unspecified atom stereocenters. The third kappa shape index (κ3) is 3.26. The normalized spacial score (nSPS) is 11.7. The molecule has 0 fully saturated rings. The van der Waals surface area contributed by atoms with Crippen molar-refractivity contribution in [1.82, 2.24) is 0 Å². The summed E-state index contributed by atoms with van der Waals surface area (Å²) in [6.07, 6.45) is 1.35. The van der Waals surface area contributed by atoms with Crippen LogP contribution in [0.3, 0.4) is 0 Å². The van der Waals surface area contributed by atoms with Crippen molar-refractivity contribution in [2.75, 3.05) is 6.79 Å². The number of ether oxygens (including phenoxy) is 2. The summed E-state index contributed by atoms with van der Waals surface area (Å²) in [7, 11) is 0. The molecular formula is C13H18O3. The van der Waals surface area contributed by atoms with Crippen LogP contribution in [-0.4, -0.2) is 12.6 Å². The van der Waals surface area contributed by atoms with Crippen LogP contribution in [0.4, 0.5) is 0 Å². The van der Waals surface area contributed by atoms with Crippen molar-refractivity contribution in [1.29, 1.82) is 0 Å². The van der Waals surface area contributed by atoms with Crippen LogP contribution in [0.15, 0.2) is 18.2 Å². The fraction of sp³-hybridized carbons (Fsp3) is 0.462. The molecule has 0 radical (unpaired) electrons. The standard InChI is InChI=1S/C11H12O3.C2H6/c1-8(12)2-3-9-4-5-10-11(6-9)14-7-13-10;1-2/h4-6H,2-3,7H2,1H3;1-2H3. The number of ketones is 1. The first-order chi connectivity index (χ1) is 7.75. The first-order valence-electron chi connectivity index (χ1n) is 5.63. The van der Waals surface area contributed by atoms with E-state index < -0.39 is 0 Å². The lowest BCUT2D eigenvalue weighted by molar-refractivity contribution is -0.116. The average Bonchev–Trinajstić information content (AvgIpc) is 2.76. The quantitative estimate of drug-likeness (QED) is 0.788. The predicted molar refractivity (Wildman–Crippen MR) is 62.9 cm³/mol. The molecule has 0 saturated heterocycles. The number of hydrogen-bond donors (Lipinski definition) is 0. The van der Waals surface area contributed by atoms with Crippen LogP contribution in [0.25, 0.3) is 0 Å². The van der Waals surface area contributed by atoms with Crippen molar-refractivity contribution in [3.8, 4) is 11.5 Å². The maximum atomic E-state index is 10.8. The molecule has 88 valence electrons. The molecule has 16 heavy (non-hydrogen) atoms. The average molecular weight is 222 g/mol. The Kier molecular flexibility index (Phi) is 4.83. The third-order valence-electron chi connectivity index (χ3n) is 2.20. The molecule has 1 aliphatic heterocycles. The first-order valence-corrected chi connectivity index (χ1v) is 5.63. The lowest BCUT2D eigenvalue weighted by atomic mass is 10.1. The maximum absolute atomic E-state index is 10.8. The summed E-state index contributed by atoms with van der Waals surface area (Å²) >= 11 is 0. The lowest BCUT2D eigenvalue weighted by Crippen LogP contribution is -1.94. The molecule has 0 N–H and O–H groups in total. The van der Waals surface area contributed by atoms with E-state index in [9.17, 15) is 4.79 Å². The van der Waals surface area contributed by atoms with Gasteiger partial charge >= 0.3 is 0 Å². The number of aryl methyl sites for hydroxylation is 1. The molecule has 3 nitrogen and oxygen atoms in total. The van der Waals surface area contributed by atoms with E-state index in [2.05, 4.69) is 0 Å². The summed E-state index contributed by atoms with van der Waals surface area (Å²) in [4.78, 5) is 10.8. The number of rotatable bonds is 3. The SMILES string of the molecule is CC.CC(=O)CCc1ccc2c(c1)OCO2. The van der Waals surface area contributed by atoms with Crippen LogP contribution in [0.5, 0.6) is 11.5 Å². The maximum Gasteiger partial charge on any atom is 0.231 e. The molecule has 0 spiro atoms. The van der Waals surface area contributed by atoms with Gasteiger partial charge in [0.25, 0.3) is 0 Å². The second kappa shape index (κ2) is 6.16. The van der Waals surface area contributed by atoms with E-state index in [0.717, 1.165) is 23.5 Å². The molecule has 0 aliphatic carbocycles. The minimum absolute atomic E-state index is 0.211. The topological polar surface area (TPSA) is 35.5 Å². The Bertz CT molecular complexity index is 358. The van der Waals surface area contributed by atoms with Gasteiger partial charge in [-0.1, -0.05) is 19.9 Å². The number of Topliss-reactive ketones (excluding diaryl/α,β-unsaturated/α-hetero) is 1. The van der Waals surface area contributed by atoms with Gasteiger partial charge in [-0.25, -0.2) is 0 Å². The summed E-state index contributed by atoms with van der Waals surface area (Å²) < 4.78 is 10.4. The molecular weight excluding hydrogens is 204 g/mol. The number of benzene rings is 1. The van der Waals surface area contributed by atoms with Crippen LogP contribution < -0.4 is 9.47 Å². The van der Waals surface area contributed by atoms with Gasteiger partial charge in [0.1, 0.15) is 5.78 Å². The predicted octanol–water partition coefficient (Wildman–Crippen LogP) is 2.96. The largest absolute Gasteiger partial charge is 0.454 e. The minimum Gasteiger partial charge on any atom is -0.454 e. The Morgan fingerprint density at radius 2 is 1.94 bits per heavy atom. The highest BCUT2D eigenvalue weighted by atomic mass is 16.7. The van der Waals surface area contributed by atoms with Crippen LogP contribution >= 0.6 is 0 Å². The molecule has 0 atom stereocenters. The van der Waals surface area contributed by atoms with Gasteiger partial charge in [-0.15, -0.1) is 0 Å². The lowest BCUT2D eigenvalue weighted by Gasteiger charge is -2.00. The van der Waals surface area contributed by atoms with E-state index in [4.69, 9.17) is 9.47 Å². The Morgan fingerprint density at radius 1 is 1.25 bits per heavy atom. The van der Waals surface area contributed by atoms with Gasteiger partial charge in [0, 0.05) is 6.42 Å². The monoisotopic (exact) mass is 222 g/mol. The van der Waals surface area contributed by atoms with Gasteiger partial charge in [0.2, 0.25) is 6.79 Å². The molecule has 0 bridgehead atoms. The van der Waals surface area contributed by atoms with Crippen LogP contribution in [0, 0.1) is 0 Å². The first kappa shape index (κ1) is 12.6. The van der Waals surface area contributed by atoms with E-state index in [1.807, 2.05) is 32.0 Å². The zero-order chi connectivity index (χ0) is 12.0. The summed E-state index contributed by atoms with van der Waals surface area (Å²) in [5.41, 5.74) is 1.12. The van der Waals surface area contributed by atoms with Crippen molar-refractivity contribution in [2.45, 2.75) is 33.6 Å². The Morgan fingerprint density at radius 3 is 2.62 bits per heavy atom. The van der Waals surface area contributed by atoms with E-state index in [1.165, 1.54) is 0 Å². The van der Waals surface area contributed by atoms with Crippen LogP contribution in [-0.2, 0) is 11.2 Å². The van der Waals surface area contributed by atoms with Crippen molar-refractivity contribution in [2.24, 2.45) is 0 Å². The van der Waals surface area contributed by atoms with E-state index in [0.29, 0.717) is 13.2 Å². The number of carbonyl (C=O) groups is 1. The summed E-state index contributed by atoms with van der Waals surface area (Å²) in [6, 6.07) is 5.79. The fourth-order valence-electron chi connectivity index (χ4n) is 1.42. The van der Waals surface area contributed by atoms with E-state index >= 15 is 0 Å². The van der Waals surface area contributed by atoms with Crippen LogP contribution in [0.2, 0.25) is 0 Å². The molecule has 1 aromatic rings. The second-order valence-corrected chi connectivity index (χ2v) is 3.39. The van der Waals surface area contributed by atoms with Gasteiger partial charge in [-0.05, 0) is 31.0 Å². The zero-order valence-corrected chi connectivity index (χ0v) is 10.1. The number of hydrogen-bond acceptors (Lipinski definition) is 3. The van der Waals surface area contributed by atoms with Crippen LogP contribution in [0.1, 0.15) is 32.8 Å². The van der Waals surface area contributed by atoms with E-state index in [-0.39, 0.29) is 5.78 Å². The summed E-state index contributed by atoms with van der Waals surface area (Å²) in [6.45, 7) is 5.90. The third-order valence-corrected chi connectivity index (χ3v) is 2.20. The number of carbonyl (C=O) groups excluding carboxylic acids is 1. The Labute approximate surface area is 96.4 Å². The highest BCUT2D eigenvalue weighted by molar-refractivity contribution is 5.75. The van der Waals surface area contributed by atoms with Gasteiger partial charge in [0.05, 0.1) is 0 Å². The summed E-state index contributed by atoms with van der Waals surface area (Å²) in [5, 5.41) is 0. The van der Waals surface area contributed by atoms with Crippen molar-refractivity contribution >= 4 is 5.78 Å². The van der Waals surface area contributed by atoms with Gasteiger partial charge < -0.3 is 14.3 Å². The molecule has 1 aliphatic rings. The van der Waals surface area contributed by atoms with Crippen molar-refractivity contribution < 1.29 is 14.3 Å². The van der Waals surface area contributed by atoms with Crippen molar-refractivity contribution in [3.63, 3.8) is 0 Å². The molecule has 1 heterocycles. The Hall–Kier alpha value is -1.51. The highest BCUT2D eigenvalue weighted by Gasteiger charge is 2.12. The Balaban J connectivity index is 0.000000606. The molecule has 0 aromatic heterocycles. The van der Waals surface area contributed by atoms with Crippen molar-refractivity contribution in [3.05, 3.63) is 23.8 Å². The van der Waals surface area contributed by atoms with Gasteiger partial charge in [0.15, 0.2) is 11.5 Å². The summed E-state index contributed by atoms with van der Waals surface area (Å²) in [5.74, 6) is 1.78. The fourth-order valence-corrected chi connectivity index (χ4v) is 1.42. The smallest absolute Gasteiger partial charge is 0.231 e. The zero-order valence-electron chi connectivity index (χ0n) is 10.1. The van der Waals surface area contributed by atoms with E-state index in [1.54, 1.807) is 6.92 Å². The highest BCUT2D eigenvalue weighted by Crippen LogP contribution is 2.32. The minimum atomic E-state index is 0.211. The molecule has 1 aromatic carbocycles. The molecule has 0 amide bonds. The molecule has 3 heteroatoms. The van der Waals surface area contributed by atoms with Gasteiger partial charge in [-0.2, -0.15) is 0 Å². The molecule has 2 rings (SSSR count). The molecule has 0 saturated carbocycles.